The summed E-state index contributed by atoms with van der Waals surface area (Å²) in [6.45, 7) is 20.5. The van der Waals surface area contributed by atoms with E-state index in [-0.39, 0.29) is 58.2 Å². The second-order valence-electron chi connectivity index (χ2n) is 25.2. The van der Waals surface area contributed by atoms with E-state index in [1.54, 1.807) is 0 Å². The molecule has 0 unspecified atom stereocenters. The lowest BCUT2D eigenvalue weighted by molar-refractivity contribution is -0.265. The summed E-state index contributed by atoms with van der Waals surface area (Å²) in [7, 11) is 0. The zero-order chi connectivity index (χ0) is 42.7. The van der Waals surface area contributed by atoms with Crippen molar-refractivity contribution in [2.45, 2.75) is 175 Å². The Morgan fingerprint density at radius 1 is 0.629 bits per heavy atom. The third-order valence-electron chi connectivity index (χ3n) is 22.6. The molecule has 4 saturated carbocycles. The standard InChI is InChI=1S/C54H74N2O6/c1-27-13-15-53(59-25-27)29(3)47-43(61-53)19-37-33-11-9-31-17-39-41(23-49(31,5)35(33)21-45(57)51(37,47)7)55-40-18-32-10-12-34-36(50(32,6)24-42(40)56-39)22-46(58)52(8)38(34)20-44-48(52)30(4)54(62-44)16-14-28(2)26-60-54/h19-20,27-36,43-45,47-48,57H,9-18,21-26H2,1-8H3/t27-,28-,29-,30-,31-,32-,33+,34+,35-,36-,43-,44-,45-,47-,48-,49-,50-,51+,52+,53+,54+/m0/s1. The van der Waals surface area contributed by atoms with Crippen LogP contribution in [0, 0.1) is 92.7 Å². The van der Waals surface area contributed by atoms with Crippen LogP contribution in [0.15, 0.2) is 23.3 Å². The summed E-state index contributed by atoms with van der Waals surface area (Å²) >= 11 is 0. The highest BCUT2D eigenvalue weighted by atomic mass is 16.7. The number of rotatable bonds is 0. The minimum Gasteiger partial charge on any atom is -0.392 e. The third kappa shape index (κ3) is 4.91. The fraction of sp³-hybridized carbons (Fsp3) is 0.833. The molecule has 1 N–H and O–H groups in total. The molecule has 8 aliphatic carbocycles. The van der Waals surface area contributed by atoms with Gasteiger partial charge >= 0.3 is 0 Å². The fourth-order valence-corrected chi connectivity index (χ4v) is 18.9. The molecule has 4 saturated heterocycles. The number of nitrogens with zero attached hydrogens (tertiary/aromatic N) is 2. The van der Waals surface area contributed by atoms with Gasteiger partial charge in [0.1, 0.15) is 5.78 Å². The molecule has 1 aromatic rings. The SMILES string of the molecule is C[C@H]1CC[C@@]2(OC1)O[C@H]1C=C3[C@@H]4CC[C@H]5Cc6nc7c(nc6C[C@]5(C)[C@H]4CC(=O)[C@]3(C)[C@H]1[C@@H]2C)C[C@@H]1CC[C@H]2C3=C[C@@H]4O[C@]5(CC[C@H](C)CO5)[C@@H](C)[C@@H]4[C@@]3(C)[C@@H](O)C[C@@H]2[C@@]1(C)C7. The number of hydrogen-bond donors (Lipinski definition) is 1. The molecule has 8 fully saturated rings. The number of aromatic nitrogens is 2. The van der Waals surface area contributed by atoms with Gasteiger partial charge in [-0.2, -0.15) is 0 Å². The molecule has 8 heteroatoms. The number of hydrogen-bond acceptors (Lipinski definition) is 8. The van der Waals surface area contributed by atoms with Gasteiger partial charge in [0.2, 0.25) is 0 Å². The molecule has 8 nitrogen and oxygen atoms in total. The van der Waals surface area contributed by atoms with Gasteiger partial charge in [-0.05, 0) is 136 Å². The number of fused-ring (bicyclic) bond motifs is 16. The first-order valence-electron chi connectivity index (χ1n) is 25.7. The van der Waals surface area contributed by atoms with Crippen molar-refractivity contribution in [1.82, 2.24) is 9.97 Å². The van der Waals surface area contributed by atoms with E-state index in [0.717, 1.165) is 77.4 Å². The lowest BCUT2D eigenvalue weighted by atomic mass is 9.45. The van der Waals surface area contributed by atoms with E-state index in [1.165, 1.54) is 53.2 Å². The summed E-state index contributed by atoms with van der Waals surface area (Å²) in [5.41, 5.74) is 7.19. The van der Waals surface area contributed by atoms with Crippen molar-refractivity contribution in [2.24, 2.45) is 92.7 Å². The van der Waals surface area contributed by atoms with Crippen LogP contribution in [-0.2, 0) is 49.4 Å². The Labute approximate surface area is 370 Å². The Hall–Kier alpha value is -1.97. The molecule has 1 aromatic heterocycles. The molecule has 0 amide bonds. The van der Waals surface area contributed by atoms with Gasteiger partial charge in [0.25, 0.3) is 0 Å². The number of ketones is 1. The largest absolute Gasteiger partial charge is 0.392 e. The Morgan fingerprint density at radius 2 is 1.15 bits per heavy atom. The average Bonchev–Trinajstić information content (AvgIpc) is 3.89. The third-order valence-corrected chi connectivity index (χ3v) is 22.6. The van der Waals surface area contributed by atoms with E-state index in [9.17, 15) is 9.90 Å². The van der Waals surface area contributed by atoms with Gasteiger partial charge in [0.05, 0.1) is 59.7 Å². The maximum atomic E-state index is 14.8. The number of ether oxygens (including phenoxy) is 4. The van der Waals surface area contributed by atoms with Crippen molar-refractivity contribution in [2.75, 3.05) is 13.2 Å². The maximum Gasteiger partial charge on any atom is 0.172 e. The van der Waals surface area contributed by atoms with Gasteiger partial charge < -0.3 is 24.1 Å². The van der Waals surface area contributed by atoms with E-state index >= 15 is 0 Å². The Bertz CT molecular complexity index is 2170. The molecular weight excluding hydrogens is 773 g/mol. The van der Waals surface area contributed by atoms with E-state index in [1.807, 2.05) is 0 Å². The smallest absolute Gasteiger partial charge is 0.172 e. The van der Waals surface area contributed by atoms with Crippen LogP contribution in [0.1, 0.15) is 142 Å². The van der Waals surface area contributed by atoms with Crippen molar-refractivity contribution in [3.8, 4) is 0 Å². The van der Waals surface area contributed by atoms with Gasteiger partial charge in [-0.3, -0.25) is 14.8 Å². The second kappa shape index (κ2) is 12.9. The minimum absolute atomic E-state index is 0.0203. The quantitative estimate of drug-likeness (QED) is 0.258. The predicted molar refractivity (Wildman–Crippen MR) is 234 cm³/mol. The molecule has 5 heterocycles. The van der Waals surface area contributed by atoms with Crippen LogP contribution in [0.4, 0.5) is 0 Å². The first-order chi connectivity index (χ1) is 29.5. The van der Waals surface area contributed by atoms with E-state index < -0.39 is 17.0 Å². The molecule has 0 aromatic carbocycles. The van der Waals surface area contributed by atoms with Crippen molar-refractivity contribution < 1.29 is 28.8 Å². The first-order valence-corrected chi connectivity index (χ1v) is 25.7. The molecule has 0 bridgehead atoms. The summed E-state index contributed by atoms with van der Waals surface area (Å²) in [6, 6.07) is 0. The van der Waals surface area contributed by atoms with Gasteiger partial charge in [-0.25, -0.2) is 0 Å². The van der Waals surface area contributed by atoms with E-state index in [0.29, 0.717) is 59.5 Å². The summed E-state index contributed by atoms with van der Waals surface area (Å²) in [5.74, 6) is 4.12. The highest BCUT2D eigenvalue weighted by Gasteiger charge is 2.71. The molecule has 336 valence electrons. The molecule has 62 heavy (non-hydrogen) atoms. The van der Waals surface area contributed by atoms with Crippen LogP contribution >= 0.6 is 0 Å². The molecular formula is C54H74N2O6. The summed E-state index contributed by atoms with van der Waals surface area (Å²) < 4.78 is 27.0. The number of carbonyl (C=O) groups is 1. The van der Waals surface area contributed by atoms with Crippen LogP contribution < -0.4 is 0 Å². The van der Waals surface area contributed by atoms with Crippen molar-refractivity contribution in [1.29, 1.82) is 0 Å². The van der Waals surface area contributed by atoms with Crippen molar-refractivity contribution >= 4 is 5.78 Å². The van der Waals surface area contributed by atoms with Crippen molar-refractivity contribution in [3.05, 3.63) is 46.1 Å². The average molecular weight is 847 g/mol. The summed E-state index contributed by atoms with van der Waals surface area (Å²) in [6.07, 6.45) is 18.8. The van der Waals surface area contributed by atoms with Gasteiger partial charge in [0, 0.05) is 48.3 Å². The molecule has 12 aliphatic rings. The zero-order valence-electron chi connectivity index (χ0n) is 39.0. The Kier molecular flexibility index (Phi) is 8.40. The summed E-state index contributed by atoms with van der Waals surface area (Å²) in [5, 5.41) is 12.4. The predicted octanol–water partition coefficient (Wildman–Crippen LogP) is 9.19. The Balaban J connectivity index is 0.763. The van der Waals surface area contributed by atoms with Crippen LogP contribution in [0.25, 0.3) is 0 Å². The highest BCUT2D eigenvalue weighted by Crippen LogP contribution is 2.71. The van der Waals surface area contributed by atoms with Crippen LogP contribution in [-0.4, -0.2) is 64.0 Å². The van der Waals surface area contributed by atoms with E-state index in [2.05, 4.69) is 67.5 Å². The van der Waals surface area contributed by atoms with Crippen LogP contribution in [0.3, 0.4) is 0 Å². The molecule has 21 atom stereocenters. The number of allylic oxidation sites excluding steroid dienone is 1. The molecule has 4 aliphatic heterocycles. The lowest BCUT2D eigenvalue weighted by Gasteiger charge is -2.60. The lowest BCUT2D eigenvalue weighted by Crippen LogP contribution is -2.58. The number of Topliss-reactive ketones (excluding diaryl/α,β-unsaturated/α-hetero) is 1. The minimum atomic E-state index is -0.539. The normalized spacial score (nSPS) is 56.6. The van der Waals surface area contributed by atoms with Crippen molar-refractivity contribution in [3.63, 3.8) is 0 Å². The molecule has 2 spiro atoms. The van der Waals surface area contributed by atoms with Crippen LogP contribution in [0.2, 0.25) is 0 Å². The van der Waals surface area contributed by atoms with Crippen LogP contribution in [0.5, 0.6) is 0 Å². The highest BCUT2D eigenvalue weighted by molar-refractivity contribution is 5.91. The number of aliphatic hydroxyl groups excluding tert-OH is 1. The van der Waals surface area contributed by atoms with Gasteiger partial charge in [0.15, 0.2) is 11.6 Å². The van der Waals surface area contributed by atoms with Gasteiger partial charge in [-0.1, -0.05) is 71.8 Å². The topological polar surface area (TPSA) is 100 Å². The maximum absolute atomic E-state index is 14.8. The fourth-order valence-electron chi connectivity index (χ4n) is 18.9. The summed E-state index contributed by atoms with van der Waals surface area (Å²) in [4.78, 5) is 26.1. The monoisotopic (exact) mass is 847 g/mol. The zero-order valence-corrected chi connectivity index (χ0v) is 39.0. The molecule has 13 rings (SSSR count). The molecule has 0 radical (unpaired) electrons. The number of carbonyl (C=O) groups excluding carboxylic acids is 1. The van der Waals surface area contributed by atoms with E-state index in [4.69, 9.17) is 28.9 Å². The van der Waals surface area contributed by atoms with Gasteiger partial charge in [-0.15, -0.1) is 0 Å². The first kappa shape index (κ1) is 40.3. The second-order valence-corrected chi connectivity index (χ2v) is 25.2. The number of aliphatic hydroxyl groups is 1. The Morgan fingerprint density at radius 3 is 1.71 bits per heavy atom.